The van der Waals surface area contributed by atoms with Crippen LogP contribution in [0, 0.1) is 0 Å². The Morgan fingerprint density at radius 3 is 1.25 bits per heavy atom. The van der Waals surface area contributed by atoms with Crippen molar-refractivity contribution in [2.45, 2.75) is 18.6 Å². The van der Waals surface area contributed by atoms with Gasteiger partial charge in [0.15, 0.2) is 5.72 Å². The van der Waals surface area contributed by atoms with Crippen LogP contribution < -0.4 is 11.5 Å². The normalized spacial score (nSPS) is 20.2. The predicted octanol–water partition coefficient (Wildman–Crippen LogP) is -2.75. The largest absolute Gasteiger partial charge is 0.370 e. The second kappa shape index (κ2) is 1.64. The molecule has 50 valence electrons. The van der Waals surface area contributed by atoms with Crippen molar-refractivity contribution in [3.8, 4) is 0 Å². The van der Waals surface area contributed by atoms with Crippen LogP contribution >= 0.6 is 0 Å². The van der Waals surface area contributed by atoms with Crippen molar-refractivity contribution in [3.05, 3.63) is 0 Å². The van der Waals surface area contributed by atoms with E-state index in [1.54, 1.807) is 0 Å². The number of hydrogen-bond donors (Lipinski definition) is 5. The lowest BCUT2D eigenvalue weighted by Crippen LogP contribution is -2.64. The van der Waals surface area contributed by atoms with Gasteiger partial charge in [0, 0.05) is 0 Å². The zero-order chi connectivity index (χ0) is 7.00. The van der Waals surface area contributed by atoms with E-state index >= 15 is 0 Å². The molecule has 0 aliphatic carbocycles. The van der Waals surface area contributed by atoms with Crippen LogP contribution in [0.3, 0.4) is 0 Å². The molecule has 0 aliphatic rings. The van der Waals surface area contributed by atoms with Crippen molar-refractivity contribution in [1.82, 2.24) is 0 Å². The first-order valence-electron chi connectivity index (χ1n) is 2.00. The first-order chi connectivity index (χ1) is 3.25. The van der Waals surface area contributed by atoms with Gasteiger partial charge in [0.2, 0.25) is 0 Å². The molecule has 0 aliphatic heterocycles. The van der Waals surface area contributed by atoms with Crippen LogP contribution in [-0.2, 0) is 0 Å². The molecule has 0 amide bonds. The Morgan fingerprint density at radius 2 is 1.25 bits per heavy atom. The number of nitrogens with two attached hydrogens (primary N) is 2. The maximum Gasteiger partial charge on any atom is 0.264 e. The van der Waals surface area contributed by atoms with Crippen molar-refractivity contribution in [1.29, 1.82) is 0 Å². The Labute approximate surface area is 46.5 Å². The summed E-state index contributed by atoms with van der Waals surface area (Å²) >= 11 is 0. The molecule has 8 heavy (non-hydrogen) atoms. The number of rotatable bonds is 1. The summed E-state index contributed by atoms with van der Waals surface area (Å²) in [4.78, 5) is 0. The molecule has 5 nitrogen and oxygen atoms in total. The van der Waals surface area contributed by atoms with Crippen molar-refractivity contribution < 1.29 is 15.3 Å². The fourth-order valence-electron chi connectivity index (χ4n) is 0. The van der Waals surface area contributed by atoms with Crippen LogP contribution in [0.25, 0.3) is 0 Å². The van der Waals surface area contributed by atoms with Gasteiger partial charge in [-0.25, -0.2) is 0 Å². The summed E-state index contributed by atoms with van der Waals surface area (Å²) in [5, 5.41) is 25.1. The van der Waals surface area contributed by atoms with Gasteiger partial charge in [0.25, 0.3) is 5.91 Å². The highest BCUT2D eigenvalue weighted by molar-refractivity contribution is 4.75. The Hall–Kier alpha value is -0.200. The zero-order valence-electron chi connectivity index (χ0n) is 4.50. The Morgan fingerprint density at radius 1 is 1.12 bits per heavy atom. The predicted molar refractivity (Wildman–Crippen MR) is 26.2 cm³/mol. The highest BCUT2D eigenvalue weighted by Gasteiger charge is 2.36. The second-order valence-electron chi connectivity index (χ2n) is 1.87. The molecule has 0 rings (SSSR count). The molecule has 0 radical (unpaired) electrons. The number of aliphatic hydroxyl groups is 3. The third-order valence-corrected chi connectivity index (χ3v) is 0.745. The van der Waals surface area contributed by atoms with E-state index in [-0.39, 0.29) is 0 Å². The van der Waals surface area contributed by atoms with Crippen molar-refractivity contribution in [3.63, 3.8) is 0 Å². The second-order valence-corrected chi connectivity index (χ2v) is 1.87. The van der Waals surface area contributed by atoms with E-state index in [1.165, 1.54) is 0 Å². The highest BCUT2D eigenvalue weighted by Crippen LogP contribution is 2.04. The molecule has 0 heterocycles. The van der Waals surface area contributed by atoms with Crippen LogP contribution in [0.5, 0.6) is 0 Å². The first-order valence-corrected chi connectivity index (χ1v) is 2.00. The summed E-state index contributed by atoms with van der Waals surface area (Å²) in [5.74, 6) is -2.73. The molecule has 1 unspecified atom stereocenters. The summed E-state index contributed by atoms with van der Waals surface area (Å²) in [6.07, 6.45) is 0. The third kappa shape index (κ3) is 1.73. The van der Waals surface area contributed by atoms with Crippen molar-refractivity contribution in [2.75, 3.05) is 0 Å². The molecule has 0 saturated heterocycles. The smallest absolute Gasteiger partial charge is 0.264 e. The monoisotopic (exact) mass is 122 g/mol. The van der Waals surface area contributed by atoms with E-state index in [1.807, 2.05) is 0 Å². The number of hydrogen-bond acceptors (Lipinski definition) is 5. The van der Waals surface area contributed by atoms with Gasteiger partial charge in [-0.15, -0.1) is 0 Å². The average Bonchev–Trinajstić information content (AvgIpc) is 1.25. The summed E-state index contributed by atoms with van der Waals surface area (Å²) in [7, 11) is 0. The van der Waals surface area contributed by atoms with Gasteiger partial charge >= 0.3 is 0 Å². The molecule has 0 aromatic carbocycles. The van der Waals surface area contributed by atoms with E-state index in [2.05, 4.69) is 5.73 Å². The zero-order valence-corrected chi connectivity index (χ0v) is 4.50. The fourth-order valence-corrected chi connectivity index (χ4v) is 0. The van der Waals surface area contributed by atoms with Gasteiger partial charge in [-0.2, -0.15) is 0 Å². The van der Waals surface area contributed by atoms with Crippen LogP contribution in [0.2, 0.25) is 0 Å². The molecule has 1 atom stereocenters. The highest BCUT2D eigenvalue weighted by atomic mass is 16.5. The lowest BCUT2D eigenvalue weighted by molar-refractivity contribution is -0.262. The van der Waals surface area contributed by atoms with Gasteiger partial charge in [0.05, 0.1) is 0 Å². The van der Waals surface area contributed by atoms with Gasteiger partial charge in [-0.05, 0) is 6.92 Å². The molecule has 0 aromatic rings. The standard InChI is InChI=1S/C3H10N2O3/c1-2(4,6)3(5,7)8/h6-8H,4-5H2,1H3. The molecule has 0 bridgehead atoms. The molecule has 5 heteroatoms. The van der Waals surface area contributed by atoms with Crippen LogP contribution in [0.4, 0.5) is 0 Å². The molecule has 7 N–H and O–H groups in total. The minimum Gasteiger partial charge on any atom is -0.370 e. The molecule has 0 aromatic heterocycles. The summed E-state index contributed by atoms with van der Waals surface area (Å²) < 4.78 is 0. The Kier molecular flexibility index (Phi) is 1.60. The van der Waals surface area contributed by atoms with Gasteiger partial charge in [0.1, 0.15) is 0 Å². The average molecular weight is 122 g/mol. The Bertz CT molecular complexity index is 67.5. The quantitative estimate of drug-likeness (QED) is 0.242. The molecule has 0 saturated carbocycles. The maximum absolute atomic E-state index is 8.51. The third-order valence-electron chi connectivity index (χ3n) is 0.745. The van der Waals surface area contributed by atoms with Gasteiger partial charge in [-0.1, -0.05) is 0 Å². The Balaban J connectivity index is 4.02. The van der Waals surface area contributed by atoms with E-state index < -0.39 is 11.6 Å². The van der Waals surface area contributed by atoms with Crippen LogP contribution in [0.1, 0.15) is 6.92 Å². The minimum absolute atomic E-state index is 0.979. The van der Waals surface area contributed by atoms with E-state index in [4.69, 9.17) is 21.1 Å². The van der Waals surface area contributed by atoms with Gasteiger partial charge < -0.3 is 15.3 Å². The van der Waals surface area contributed by atoms with Crippen LogP contribution in [0.15, 0.2) is 0 Å². The van der Waals surface area contributed by atoms with Crippen molar-refractivity contribution >= 4 is 0 Å². The van der Waals surface area contributed by atoms with E-state index in [0.717, 1.165) is 6.92 Å². The minimum atomic E-state index is -2.73. The lowest BCUT2D eigenvalue weighted by atomic mass is 10.2. The summed E-state index contributed by atoms with van der Waals surface area (Å²) in [6, 6.07) is 0. The summed E-state index contributed by atoms with van der Waals surface area (Å²) in [6.45, 7) is 0.979. The topological polar surface area (TPSA) is 113 Å². The van der Waals surface area contributed by atoms with Crippen LogP contribution in [-0.4, -0.2) is 27.0 Å². The fraction of sp³-hybridized carbons (Fsp3) is 1.00. The molecular formula is C3H10N2O3. The molecule has 0 spiro atoms. The van der Waals surface area contributed by atoms with E-state index in [9.17, 15) is 0 Å². The van der Waals surface area contributed by atoms with E-state index in [0.29, 0.717) is 0 Å². The summed E-state index contributed by atoms with van der Waals surface area (Å²) in [5.41, 5.74) is 7.12. The molecular weight excluding hydrogens is 112 g/mol. The molecule has 0 fully saturated rings. The first kappa shape index (κ1) is 7.80. The van der Waals surface area contributed by atoms with Crippen molar-refractivity contribution in [2.24, 2.45) is 11.5 Å². The maximum atomic E-state index is 8.51. The van der Waals surface area contributed by atoms with Gasteiger partial charge in [-0.3, -0.25) is 11.5 Å². The SMILES string of the molecule is CC(N)(O)C(N)(O)O. The lowest BCUT2D eigenvalue weighted by Gasteiger charge is -2.28.